The molecular weight excluding hydrogens is 248 g/mol. The molecule has 1 unspecified atom stereocenters. The molecule has 1 amide bonds. The maximum Gasteiger partial charge on any atom is 0.229 e. The van der Waals surface area contributed by atoms with E-state index in [2.05, 4.69) is 5.32 Å². The molecule has 0 radical (unpaired) electrons. The molecule has 1 aliphatic heterocycles. The van der Waals surface area contributed by atoms with Crippen molar-refractivity contribution in [2.75, 3.05) is 33.2 Å². The number of carbonyl (C=O) groups excluding carboxylic acids is 1. The summed E-state index contributed by atoms with van der Waals surface area (Å²) in [6, 6.07) is 1.74. The van der Waals surface area contributed by atoms with Gasteiger partial charge in [0.1, 0.15) is 0 Å². The van der Waals surface area contributed by atoms with Crippen LogP contribution in [-0.4, -0.2) is 33.8 Å². The first-order chi connectivity index (χ1) is 9.15. The topological polar surface area (TPSA) is 82.8 Å². The Morgan fingerprint density at radius 2 is 1.95 bits per heavy atom. The quantitative estimate of drug-likeness (QED) is 0.841. The SMILES string of the molecule is COc1cc2c(c(OC)c1OC)CC(CN)C(=O)N2. The van der Waals surface area contributed by atoms with Gasteiger partial charge < -0.3 is 25.3 Å². The van der Waals surface area contributed by atoms with E-state index in [1.165, 1.54) is 7.11 Å². The van der Waals surface area contributed by atoms with Gasteiger partial charge in [-0.05, 0) is 6.42 Å². The van der Waals surface area contributed by atoms with Crippen LogP contribution in [0.3, 0.4) is 0 Å². The minimum Gasteiger partial charge on any atom is -0.493 e. The lowest BCUT2D eigenvalue weighted by molar-refractivity contribution is -0.119. The summed E-state index contributed by atoms with van der Waals surface area (Å²) in [7, 11) is 4.65. The molecule has 0 saturated heterocycles. The molecule has 6 heteroatoms. The maximum atomic E-state index is 11.8. The Bertz CT molecular complexity index is 502. The standard InChI is InChI=1S/C13H18N2O4/c1-17-10-5-9-8(11(18-2)12(10)19-3)4-7(6-14)13(16)15-9/h5,7H,4,6,14H2,1-3H3,(H,15,16). The van der Waals surface area contributed by atoms with Crippen molar-refractivity contribution in [1.82, 2.24) is 0 Å². The zero-order chi connectivity index (χ0) is 14.0. The van der Waals surface area contributed by atoms with Crippen molar-refractivity contribution < 1.29 is 19.0 Å². The molecule has 0 aliphatic carbocycles. The van der Waals surface area contributed by atoms with Crippen molar-refractivity contribution in [1.29, 1.82) is 0 Å². The monoisotopic (exact) mass is 266 g/mol. The van der Waals surface area contributed by atoms with E-state index in [0.717, 1.165) is 5.56 Å². The van der Waals surface area contributed by atoms with E-state index in [0.29, 0.717) is 35.9 Å². The average Bonchev–Trinajstić information content (AvgIpc) is 2.44. The fraction of sp³-hybridized carbons (Fsp3) is 0.462. The van der Waals surface area contributed by atoms with Crippen LogP contribution in [-0.2, 0) is 11.2 Å². The first-order valence-corrected chi connectivity index (χ1v) is 5.99. The number of ether oxygens (including phenoxy) is 3. The fourth-order valence-corrected chi connectivity index (χ4v) is 2.29. The number of methoxy groups -OCH3 is 3. The van der Waals surface area contributed by atoms with Gasteiger partial charge in [0.25, 0.3) is 0 Å². The molecule has 1 heterocycles. The van der Waals surface area contributed by atoms with Gasteiger partial charge in [0.2, 0.25) is 11.7 Å². The van der Waals surface area contributed by atoms with Gasteiger partial charge in [0.15, 0.2) is 11.5 Å². The summed E-state index contributed by atoms with van der Waals surface area (Å²) in [5.74, 6) is 1.29. The van der Waals surface area contributed by atoms with E-state index in [1.807, 2.05) is 0 Å². The van der Waals surface area contributed by atoms with Gasteiger partial charge >= 0.3 is 0 Å². The summed E-state index contributed by atoms with van der Waals surface area (Å²) >= 11 is 0. The molecule has 0 bridgehead atoms. The van der Waals surface area contributed by atoms with Crippen LogP contribution in [0.4, 0.5) is 5.69 Å². The maximum absolute atomic E-state index is 11.8. The van der Waals surface area contributed by atoms with E-state index in [-0.39, 0.29) is 11.8 Å². The molecule has 19 heavy (non-hydrogen) atoms. The van der Waals surface area contributed by atoms with E-state index in [9.17, 15) is 4.79 Å². The van der Waals surface area contributed by atoms with E-state index >= 15 is 0 Å². The number of amides is 1. The van der Waals surface area contributed by atoms with Crippen molar-refractivity contribution in [3.63, 3.8) is 0 Å². The minimum atomic E-state index is -0.250. The van der Waals surface area contributed by atoms with Gasteiger partial charge in [-0.1, -0.05) is 0 Å². The lowest BCUT2D eigenvalue weighted by Gasteiger charge is -2.27. The molecule has 1 aromatic carbocycles. The first kappa shape index (κ1) is 13.5. The second-order valence-electron chi connectivity index (χ2n) is 4.30. The predicted molar refractivity (Wildman–Crippen MR) is 71.0 cm³/mol. The Hall–Kier alpha value is -1.95. The highest BCUT2D eigenvalue weighted by molar-refractivity contribution is 5.97. The van der Waals surface area contributed by atoms with Crippen molar-refractivity contribution in [3.05, 3.63) is 11.6 Å². The summed E-state index contributed by atoms with van der Waals surface area (Å²) in [5.41, 5.74) is 7.18. The lowest BCUT2D eigenvalue weighted by atomic mass is 9.92. The highest BCUT2D eigenvalue weighted by Gasteiger charge is 2.30. The molecule has 3 N–H and O–H groups in total. The van der Waals surface area contributed by atoms with Crippen LogP contribution in [0.15, 0.2) is 6.07 Å². The highest BCUT2D eigenvalue weighted by atomic mass is 16.5. The second kappa shape index (κ2) is 5.36. The minimum absolute atomic E-state index is 0.0794. The number of carbonyl (C=O) groups is 1. The predicted octanol–water partition coefficient (Wildman–Crippen LogP) is 0.782. The molecule has 0 aromatic heterocycles. The Labute approximate surface area is 111 Å². The summed E-state index contributed by atoms with van der Waals surface area (Å²) in [5, 5.41) is 2.83. The van der Waals surface area contributed by atoms with Crippen LogP contribution in [0.5, 0.6) is 17.2 Å². The molecule has 0 saturated carbocycles. The second-order valence-corrected chi connectivity index (χ2v) is 4.30. The van der Waals surface area contributed by atoms with Crippen LogP contribution in [0.25, 0.3) is 0 Å². The number of anilines is 1. The van der Waals surface area contributed by atoms with E-state index in [1.54, 1.807) is 20.3 Å². The Kier molecular flexibility index (Phi) is 3.80. The van der Waals surface area contributed by atoms with Crippen molar-refractivity contribution in [3.8, 4) is 17.2 Å². The number of benzene rings is 1. The number of hydrogen-bond donors (Lipinski definition) is 2. The molecule has 1 aliphatic rings. The van der Waals surface area contributed by atoms with Crippen LogP contribution < -0.4 is 25.3 Å². The smallest absolute Gasteiger partial charge is 0.229 e. The molecule has 1 atom stereocenters. The summed E-state index contributed by atoms with van der Waals surface area (Å²) in [4.78, 5) is 11.8. The third kappa shape index (κ3) is 2.19. The van der Waals surface area contributed by atoms with E-state index in [4.69, 9.17) is 19.9 Å². The van der Waals surface area contributed by atoms with E-state index < -0.39 is 0 Å². The number of nitrogens with one attached hydrogen (secondary N) is 1. The van der Waals surface area contributed by atoms with Crippen LogP contribution in [0.1, 0.15) is 5.56 Å². The van der Waals surface area contributed by atoms with Gasteiger partial charge in [-0.25, -0.2) is 0 Å². The molecule has 2 rings (SSSR count). The summed E-state index contributed by atoms with van der Waals surface area (Å²) in [6.45, 7) is 0.294. The fourth-order valence-electron chi connectivity index (χ4n) is 2.29. The molecule has 6 nitrogen and oxygen atoms in total. The van der Waals surface area contributed by atoms with Gasteiger partial charge in [0, 0.05) is 18.2 Å². The Morgan fingerprint density at radius 3 is 2.47 bits per heavy atom. The van der Waals surface area contributed by atoms with Crippen molar-refractivity contribution in [2.24, 2.45) is 11.7 Å². The zero-order valence-corrected chi connectivity index (χ0v) is 11.3. The zero-order valence-electron chi connectivity index (χ0n) is 11.3. The van der Waals surface area contributed by atoms with Gasteiger partial charge in [-0.3, -0.25) is 4.79 Å². The largest absolute Gasteiger partial charge is 0.493 e. The Balaban J connectivity index is 2.58. The lowest BCUT2D eigenvalue weighted by Crippen LogP contribution is -2.35. The summed E-state index contributed by atoms with van der Waals surface area (Å²) < 4.78 is 16.0. The van der Waals surface area contributed by atoms with Crippen LogP contribution in [0.2, 0.25) is 0 Å². The molecule has 1 aromatic rings. The van der Waals surface area contributed by atoms with Crippen LogP contribution >= 0.6 is 0 Å². The number of fused-ring (bicyclic) bond motifs is 1. The van der Waals surface area contributed by atoms with Gasteiger partial charge in [-0.2, -0.15) is 0 Å². The molecule has 0 spiro atoms. The third-order valence-corrected chi connectivity index (χ3v) is 3.30. The molecular formula is C13H18N2O4. The van der Waals surface area contributed by atoms with Gasteiger partial charge in [0.05, 0.1) is 32.9 Å². The number of nitrogens with two attached hydrogens (primary N) is 1. The molecule has 0 fully saturated rings. The normalized spacial score (nSPS) is 17.5. The van der Waals surface area contributed by atoms with Crippen LogP contribution in [0, 0.1) is 5.92 Å². The average molecular weight is 266 g/mol. The van der Waals surface area contributed by atoms with Gasteiger partial charge in [-0.15, -0.1) is 0 Å². The number of hydrogen-bond acceptors (Lipinski definition) is 5. The van der Waals surface area contributed by atoms with Crippen molar-refractivity contribution in [2.45, 2.75) is 6.42 Å². The first-order valence-electron chi connectivity index (χ1n) is 5.99. The number of rotatable bonds is 4. The molecule has 104 valence electrons. The Morgan fingerprint density at radius 1 is 1.26 bits per heavy atom. The van der Waals surface area contributed by atoms with Crippen molar-refractivity contribution >= 4 is 11.6 Å². The highest BCUT2D eigenvalue weighted by Crippen LogP contribution is 2.46. The summed E-state index contributed by atoms with van der Waals surface area (Å²) in [6.07, 6.45) is 0.529. The third-order valence-electron chi connectivity index (χ3n) is 3.30.